The molecule has 1 N–H and O–H groups in total. The van der Waals surface area contributed by atoms with Crippen molar-refractivity contribution in [1.29, 1.82) is 0 Å². The van der Waals surface area contributed by atoms with Gasteiger partial charge in [0.25, 0.3) is 11.6 Å². The second-order valence-electron chi connectivity index (χ2n) is 9.55. The van der Waals surface area contributed by atoms with E-state index in [2.05, 4.69) is 5.32 Å². The molecule has 1 aliphatic heterocycles. The maximum atomic E-state index is 13.4. The Morgan fingerprint density at radius 1 is 1.08 bits per heavy atom. The molecule has 1 saturated carbocycles. The van der Waals surface area contributed by atoms with Gasteiger partial charge in [0.15, 0.2) is 6.61 Å². The fraction of sp³-hybridized carbons (Fsp3) is 0.333. The molecule has 1 heterocycles. The zero-order valence-corrected chi connectivity index (χ0v) is 20.4. The molecule has 0 aromatic heterocycles. The first-order chi connectivity index (χ1) is 18.3. The largest absolute Gasteiger partial charge is 0.497 e. The maximum Gasteiger partial charge on any atom is 0.330 e. The molecule has 2 aliphatic carbocycles. The van der Waals surface area contributed by atoms with E-state index in [1.54, 1.807) is 30.3 Å². The molecule has 11 nitrogen and oxygen atoms in total. The number of anilines is 1. The van der Waals surface area contributed by atoms with Crippen molar-refractivity contribution in [3.63, 3.8) is 0 Å². The number of esters is 1. The lowest BCUT2D eigenvalue weighted by Crippen LogP contribution is -2.48. The van der Waals surface area contributed by atoms with Crippen molar-refractivity contribution in [2.45, 2.75) is 18.9 Å². The van der Waals surface area contributed by atoms with Crippen LogP contribution in [0.1, 0.15) is 12.0 Å². The average Bonchev–Trinajstić information content (AvgIpc) is 3.60. The first-order valence-corrected chi connectivity index (χ1v) is 12.2. The SMILES string of the molecule is COc1ccc([N+](=O)[O-])c(NC(=O)COC(=O)[C@H](Cc2ccccc2)N2C(=O)[C@@H]3[C@H](C2=O)[C@H]2C=C[C@H]3C2)c1. The first-order valence-electron chi connectivity index (χ1n) is 12.2. The Morgan fingerprint density at radius 3 is 2.34 bits per heavy atom. The summed E-state index contributed by atoms with van der Waals surface area (Å²) in [5, 5.41) is 13.7. The summed E-state index contributed by atoms with van der Waals surface area (Å²) < 4.78 is 10.3. The predicted octanol–water partition coefficient (Wildman–Crippen LogP) is 2.50. The van der Waals surface area contributed by atoms with Gasteiger partial charge in [-0.15, -0.1) is 0 Å². The minimum atomic E-state index is -1.25. The number of ether oxygens (including phenoxy) is 2. The molecule has 38 heavy (non-hydrogen) atoms. The summed E-state index contributed by atoms with van der Waals surface area (Å²) in [5.74, 6) is -3.27. The molecule has 5 rings (SSSR count). The minimum Gasteiger partial charge on any atom is -0.497 e. The normalized spacial score (nSPS) is 23.8. The van der Waals surface area contributed by atoms with Crippen LogP contribution in [0, 0.1) is 33.8 Å². The van der Waals surface area contributed by atoms with Crippen LogP contribution < -0.4 is 10.1 Å². The number of likely N-dealkylation sites (tertiary alicyclic amines) is 1. The average molecular weight is 520 g/mol. The van der Waals surface area contributed by atoms with Crippen LogP contribution in [-0.4, -0.2) is 53.3 Å². The van der Waals surface area contributed by atoms with Crippen molar-refractivity contribution in [3.05, 3.63) is 76.4 Å². The number of nitro groups is 1. The number of hydrogen-bond donors (Lipinski definition) is 1. The molecule has 196 valence electrons. The molecule has 2 aromatic rings. The fourth-order valence-electron chi connectivity index (χ4n) is 5.67. The van der Waals surface area contributed by atoms with Gasteiger partial charge >= 0.3 is 5.97 Å². The van der Waals surface area contributed by atoms with Crippen LogP contribution in [0.4, 0.5) is 11.4 Å². The van der Waals surface area contributed by atoms with E-state index in [0.717, 1.165) is 11.3 Å². The van der Waals surface area contributed by atoms with Crippen molar-refractivity contribution < 1.29 is 33.6 Å². The lowest BCUT2D eigenvalue weighted by atomic mass is 9.85. The summed E-state index contributed by atoms with van der Waals surface area (Å²) in [4.78, 5) is 64.3. The first kappa shape index (κ1) is 25.1. The highest BCUT2D eigenvalue weighted by molar-refractivity contribution is 6.09. The number of carbonyl (C=O) groups is 4. The van der Waals surface area contributed by atoms with Gasteiger partial charge in [0, 0.05) is 18.6 Å². The van der Waals surface area contributed by atoms with Gasteiger partial charge in [-0.2, -0.15) is 0 Å². The van der Waals surface area contributed by atoms with Crippen LogP contribution >= 0.6 is 0 Å². The number of imide groups is 1. The van der Waals surface area contributed by atoms with Gasteiger partial charge in [-0.05, 0) is 29.9 Å². The highest BCUT2D eigenvalue weighted by atomic mass is 16.6. The van der Waals surface area contributed by atoms with Gasteiger partial charge < -0.3 is 14.8 Å². The van der Waals surface area contributed by atoms with E-state index in [-0.39, 0.29) is 35.4 Å². The van der Waals surface area contributed by atoms with Crippen molar-refractivity contribution in [3.8, 4) is 5.75 Å². The molecule has 5 atom stereocenters. The van der Waals surface area contributed by atoms with E-state index in [1.165, 1.54) is 25.3 Å². The molecule has 2 aromatic carbocycles. The zero-order valence-electron chi connectivity index (χ0n) is 20.4. The third-order valence-electron chi connectivity index (χ3n) is 7.38. The quantitative estimate of drug-likeness (QED) is 0.175. The molecule has 3 amide bonds. The second-order valence-corrected chi connectivity index (χ2v) is 9.55. The number of allylic oxidation sites excluding steroid dienone is 2. The Bertz CT molecular complexity index is 1310. The standard InChI is InChI=1S/C27H25N3O8/c1-37-18-9-10-20(30(35)36)19(13-18)28-22(31)14-38-27(34)21(11-15-5-3-2-4-6-15)29-25(32)23-16-7-8-17(12-16)24(23)26(29)33/h2-10,13,16-17,21,23-24H,11-12,14H2,1H3,(H,28,31)/t16-,17-,21-,23-,24+/m0/s1. The summed E-state index contributed by atoms with van der Waals surface area (Å²) in [6, 6.07) is 11.5. The van der Waals surface area contributed by atoms with Crippen LogP contribution in [0.15, 0.2) is 60.7 Å². The van der Waals surface area contributed by atoms with Gasteiger partial charge in [-0.1, -0.05) is 42.5 Å². The van der Waals surface area contributed by atoms with Crippen LogP contribution in [0.3, 0.4) is 0 Å². The third-order valence-corrected chi connectivity index (χ3v) is 7.38. The number of methoxy groups -OCH3 is 1. The molecular formula is C27H25N3O8. The van der Waals surface area contributed by atoms with E-state index in [9.17, 15) is 29.3 Å². The highest BCUT2D eigenvalue weighted by Crippen LogP contribution is 2.53. The van der Waals surface area contributed by atoms with Gasteiger partial charge in [0.05, 0.1) is 23.9 Å². The van der Waals surface area contributed by atoms with Gasteiger partial charge in [-0.3, -0.25) is 29.4 Å². The number of nitrogens with zero attached hydrogens (tertiary/aromatic N) is 2. The number of carbonyl (C=O) groups excluding carboxylic acids is 4. The summed E-state index contributed by atoms with van der Waals surface area (Å²) in [7, 11) is 1.37. The van der Waals surface area contributed by atoms with Crippen LogP contribution in [0.25, 0.3) is 0 Å². The molecule has 0 spiro atoms. The topological polar surface area (TPSA) is 145 Å². The van der Waals surface area contributed by atoms with Gasteiger partial charge in [0.2, 0.25) is 11.8 Å². The number of benzene rings is 2. The second kappa shape index (κ2) is 10.1. The summed E-state index contributed by atoms with van der Waals surface area (Å²) in [5.41, 5.74) is 0.220. The Kier molecular flexibility index (Phi) is 6.66. The molecule has 2 bridgehead atoms. The van der Waals surface area contributed by atoms with Crippen LogP contribution in [-0.2, 0) is 30.3 Å². The molecule has 2 fully saturated rings. The zero-order chi connectivity index (χ0) is 27.0. The number of rotatable bonds is 9. The minimum absolute atomic E-state index is 0.0238. The Labute approximate surface area is 217 Å². The van der Waals surface area contributed by atoms with Gasteiger partial charge in [-0.25, -0.2) is 4.79 Å². The number of hydrogen-bond acceptors (Lipinski definition) is 8. The molecule has 1 saturated heterocycles. The smallest absolute Gasteiger partial charge is 0.330 e. The van der Waals surface area contributed by atoms with E-state index in [4.69, 9.17) is 9.47 Å². The van der Waals surface area contributed by atoms with E-state index in [1.807, 2.05) is 12.2 Å². The molecule has 0 unspecified atom stereocenters. The van der Waals surface area contributed by atoms with E-state index in [0.29, 0.717) is 5.56 Å². The molecule has 3 aliphatic rings. The van der Waals surface area contributed by atoms with E-state index < -0.39 is 53.1 Å². The predicted molar refractivity (Wildman–Crippen MR) is 133 cm³/mol. The highest BCUT2D eigenvalue weighted by Gasteiger charge is 2.61. The van der Waals surface area contributed by atoms with Crippen LogP contribution in [0.5, 0.6) is 5.75 Å². The fourth-order valence-corrected chi connectivity index (χ4v) is 5.67. The number of fused-ring (bicyclic) bond motifs is 5. The lowest BCUT2D eigenvalue weighted by Gasteiger charge is -2.26. The summed E-state index contributed by atoms with van der Waals surface area (Å²) in [6.45, 7) is -0.769. The number of nitro benzene ring substituents is 1. The molecule has 11 heteroatoms. The third kappa shape index (κ3) is 4.51. The Hall–Kier alpha value is -4.54. The maximum absolute atomic E-state index is 13.4. The van der Waals surface area contributed by atoms with Crippen molar-refractivity contribution >= 4 is 35.1 Å². The van der Waals surface area contributed by atoms with Crippen molar-refractivity contribution in [2.75, 3.05) is 19.0 Å². The van der Waals surface area contributed by atoms with Crippen molar-refractivity contribution in [1.82, 2.24) is 4.90 Å². The number of nitrogens with one attached hydrogen (secondary N) is 1. The monoisotopic (exact) mass is 519 g/mol. The molecule has 0 radical (unpaired) electrons. The van der Waals surface area contributed by atoms with Crippen molar-refractivity contribution in [2.24, 2.45) is 23.7 Å². The Balaban J connectivity index is 1.32. The Morgan fingerprint density at radius 2 is 1.74 bits per heavy atom. The number of amides is 3. The van der Waals surface area contributed by atoms with Crippen LogP contribution in [0.2, 0.25) is 0 Å². The van der Waals surface area contributed by atoms with Gasteiger partial charge in [0.1, 0.15) is 17.5 Å². The summed E-state index contributed by atoms with van der Waals surface area (Å²) in [6.07, 6.45) is 4.72. The lowest BCUT2D eigenvalue weighted by molar-refractivity contribution is -0.383. The summed E-state index contributed by atoms with van der Waals surface area (Å²) >= 11 is 0. The molecular weight excluding hydrogens is 494 g/mol. The van der Waals surface area contributed by atoms with E-state index >= 15 is 0 Å².